The maximum absolute atomic E-state index is 12.1. The van der Waals surface area contributed by atoms with E-state index in [1.807, 2.05) is 44.2 Å². The Labute approximate surface area is 129 Å². The fourth-order valence-electron chi connectivity index (χ4n) is 1.84. The number of hydrogen-bond donors (Lipinski definition) is 1. The number of carbonyl (C=O) groups excluding carboxylic acids is 1. The van der Waals surface area contributed by atoms with Gasteiger partial charge in [-0.1, -0.05) is 29.8 Å². The predicted molar refractivity (Wildman–Crippen MR) is 86.1 cm³/mol. The highest BCUT2D eigenvalue weighted by Crippen LogP contribution is 2.22. The van der Waals surface area contributed by atoms with E-state index in [4.69, 9.17) is 16.3 Å². The van der Waals surface area contributed by atoms with Gasteiger partial charge in [-0.3, -0.25) is 4.79 Å². The summed E-state index contributed by atoms with van der Waals surface area (Å²) >= 11 is 6.02. The molecule has 0 saturated heterocycles. The Hall–Kier alpha value is -2.00. The zero-order chi connectivity index (χ0) is 15.4. The average Bonchev–Trinajstić information content (AvgIpc) is 2.45. The molecular weight excluding hydrogens is 286 g/mol. The number of benzene rings is 2. The molecule has 0 fully saturated rings. The molecule has 110 valence electrons. The number of ether oxygens (including phenoxy) is 1. The molecule has 0 unspecified atom stereocenters. The van der Waals surface area contributed by atoms with Crippen LogP contribution in [0.25, 0.3) is 0 Å². The molecule has 1 N–H and O–H groups in total. The molecule has 0 radical (unpaired) electrons. The summed E-state index contributed by atoms with van der Waals surface area (Å²) in [6.07, 6.45) is -0.608. The Morgan fingerprint density at radius 2 is 1.86 bits per heavy atom. The minimum Gasteiger partial charge on any atom is -0.481 e. The SMILES string of the molecule is Cc1ccc(O[C@@H](C)C(=O)Nc2ccccc2Cl)cc1C. The number of anilines is 1. The third kappa shape index (κ3) is 3.99. The summed E-state index contributed by atoms with van der Waals surface area (Å²) in [6.45, 7) is 5.75. The Kier molecular flexibility index (Phi) is 4.86. The average molecular weight is 304 g/mol. The first-order valence-electron chi connectivity index (χ1n) is 6.76. The molecule has 0 aliphatic carbocycles. The first-order chi connectivity index (χ1) is 9.97. The third-order valence-electron chi connectivity index (χ3n) is 3.29. The van der Waals surface area contributed by atoms with Gasteiger partial charge in [0.1, 0.15) is 5.75 Å². The fraction of sp³-hybridized carbons (Fsp3) is 0.235. The smallest absolute Gasteiger partial charge is 0.265 e. The maximum Gasteiger partial charge on any atom is 0.265 e. The van der Waals surface area contributed by atoms with E-state index >= 15 is 0 Å². The van der Waals surface area contributed by atoms with Crippen LogP contribution < -0.4 is 10.1 Å². The quantitative estimate of drug-likeness (QED) is 0.911. The van der Waals surface area contributed by atoms with Gasteiger partial charge < -0.3 is 10.1 Å². The molecule has 2 aromatic carbocycles. The summed E-state index contributed by atoms with van der Waals surface area (Å²) in [5.74, 6) is 0.446. The summed E-state index contributed by atoms with van der Waals surface area (Å²) in [6, 6.07) is 12.9. The molecular formula is C17H18ClNO2. The van der Waals surface area contributed by atoms with E-state index in [1.165, 1.54) is 5.56 Å². The lowest BCUT2D eigenvalue weighted by Gasteiger charge is -2.16. The first-order valence-corrected chi connectivity index (χ1v) is 7.14. The maximum atomic E-state index is 12.1. The van der Waals surface area contributed by atoms with Crippen LogP contribution in [0.3, 0.4) is 0 Å². The predicted octanol–water partition coefficient (Wildman–Crippen LogP) is 4.36. The van der Waals surface area contributed by atoms with Crippen molar-refractivity contribution in [3.05, 3.63) is 58.6 Å². The van der Waals surface area contributed by atoms with E-state index in [1.54, 1.807) is 19.1 Å². The van der Waals surface area contributed by atoms with E-state index in [9.17, 15) is 4.79 Å². The van der Waals surface area contributed by atoms with Crippen LogP contribution in [0.5, 0.6) is 5.75 Å². The van der Waals surface area contributed by atoms with Crippen molar-refractivity contribution in [2.24, 2.45) is 0 Å². The van der Waals surface area contributed by atoms with Gasteiger partial charge in [0.25, 0.3) is 5.91 Å². The van der Waals surface area contributed by atoms with E-state index in [0.29, 0.717) is 16.5 Å². The molecule has 0 aliphatic heterocycles. The number of halogens is 1. The van der Waals surface area contributed by atoms with Crippen molar-refractivity contribution in [2.45, 2.75) is 26.9 Å². The van der Waals surface area contributed by atoms with E-state index in [-0.39, 0.29) is 5.91 Å². The van der Waals surface area contributed by atoms with Crippen molar-refractivity contribution in [1.82, 2.24) is 0 Å². The number of rotatable bonds is 4. The topological polar surface area (TPSA) is 38.3 Å². The molecule has 3 nitrogen and oxygen atoms in total. The Balaban J connectivity index is 2.02. The Morgan fingerprint density at radius 1 is 1.14 bits per heavy atom. The molecule has 1 atom stereocenters. The van der Waals surface area contributed by atoms with Crippen LogP contribution in [0.2, 0.25) is 5.02 Å². The number of carbonyl (C=O) groups is 1. The molecule has 1 amide bonds. The standard InChI is InChI=1S/C17H18ClNO2/c1-11-8-9-14(10-12(11)2)21-13(3)17(20)19-16-7-5-4-6-15(16)18/h4-10,13H,1-3H3,(H,19,20)/t13-/m0/s1. The fourth-order valence-corrected chi connectivity index (χ4v) is 2.02. The highest BCUT2D eigenvalue weighted by Gasteiger charge is 2.16. The van der Waals surface area contributed by atoms with Gasteiger partial charge in [-0.25, -0.2) is 0 Å². The molecule has 0 heterocycles. The molecule has 0 spiro atoms. The van der Waals surface area contributed by atoms with Gasteiger partial charge in [0, 0.05) is 0 Å². The van der Waals surface area contributed by atoms with Crippen LogP contribution >= 0.6 is 11.6 Å². The molecule has 0 bridgehead atoms. The second kappa shape index (κ2) is 6.64. The van der Waals surface area contributed by atoms with Crippen molar-refractivity contribution in [3.8, 4) is 5.75 Å². The van der Waals surface area contributed by atoms with Gasteiger partial charge in [-0.2, -0.15) is 0 Å². The van der Waals surface area contributed by atoms with Crippen LogP contribution in [0, 0.1) is 13.8 Å². The molecule has 2 rings (SSSR count). The van der Waals surface area contributed by atoms with Gasteiger partial charge >= 0.3 is 0 Å². The summed E-state index contributed by atoms with van der Waals surface area (Å²) in [4.78, 5) is 12.1. The van der Waals surface area contributed by atoms with Crippen LogP contribution in [0.1, 0.15) is 18.1 Å². The van der Waals surface area contributed by atoms with Crippen molar-refractivity contribution < 1.29 is 9.53 Å². The van der Waals surface area contributed by atoms with Crippen molar-refractivity contribution in [1.29, 1.82) is 0 Å². The zero-order valence-electron chi connectivity index (χ0n) is 12.3. The number of hydrogen-bond acceptors (Lipinski definition) is 2. The monoisotopic (exact) mass is 303 g/mol. The van der Waals surface area contributed by atoms with Crippen molar-refractivity contribution >= 4 is 23.2 Å². The van der Waals surface area contributed by atoms with Crippen molar-refractivity contribution in [2.75, 3.05) is 5.32 Å². The Morgan fingerprint density at radius 3 is 2.52 bits per heavy atom. The first kappa shape index (κ1) is 15.4. The van der Waals surface area contributed by atoms with Crippen LogP contribution in [0.4, 0.5) is 5.69 Å². The molecule has 21 heavy (non-hydrogen) atoms. The van der Waals surface area contributed by atoms with Gasteiger partial charge in [0.2, 0.25) is 0 Å². The van der Waals surface area contributed by atoms with E-state index < -0.39 is 6.10 Å². The molecule has 0 aromatic heterocycles. The van der Waals surface area contributed by atoms with E-state index in [2.05, 4.69) is 5.32 Å². The summed E-state index contributed by atoms with van der Waals surface area (Å²) < 4.78 is 5.67. The number of amides is 1. The van der Waals surface area contributed by atoms with Gasteiger partial charge in [0.15, 0.2) is 6.10 Å². The second-order valence-corrected chi connectivity index (χ2v) is 5.38. The lowest BCUT2D eigenvalue weighted by atomic mass is 10.1. The molecule has 0 aliphatic rings. The lowest BCUT2D eigenvalue weighted by molar-refractivity contribution is -0.122. The Bertz CT molecular complexity index is 655. The second-order valence-electron chi connectivity index (χ2n) is 4.98. The van der Waals surface area contributed by atoms with Gasteiger partial charge in [-0.05, 0) is 56.2 Å². The third-order valence-corrected chi connectivity index (χ3v) is 3.62. The highest BCUT2D eigenvalue weighted by molar-refractivity contribution is 6.33. The van der Waals surface area contributed by atoms with Gasteiger partial charge in [-0.15, -0.1) is 0 Å². The zero-order valence-corrected chi connectivity index (χ0v) is 13.1. The largest absolute Gasteiger partial charge is 0.481 e. The van der Waals surface area contributed by atoms with Gasteiger partial charge in [0.05, 0.1) is 10.7 Å². The van der Waals surface area contributed by atoms with Crippen LogP contribution in [0.15, 0.2) is 42.5 Å². The molecule has 2 aromatic rings. The molecule has 4 heteroatoms. The normalized spacial score (nSPS) is 11.8. The van der Waals surface area contributed by atoms with Crippen LogP contribution in [-0.4, -0.2) is 12.0 Å². The minimum atomic E-state index is -0.608. The molecule has 0 saturated carbocycles. The van der Waals surface area contributed by atoms with Crippen LogP contribution in [-0.2, 0) is 4.79 Å². The summed E-state index contributed by atoms with van der Waals surface area (Å²) in [5.41, 5.74) is 2.90. The highest BCUT2D eigenvalue weighted by atomic mass is 35.5. The number of aryl methyl sites for hydroxylation is 2. The summed E-state index contributed by atoms with van der Waals surface area (Å²) in [5, 5.41) is 3.26. The number of para-hydroxylation sites is 1. The van der Waals surface area contributed by atoms with Crippen molar-refractivity contribution in [3.63, 3.8) is 0 Å². The lowest BCUT2D eigenvalue weighted by Crippen LogP contribution is -2.30. The number of nitrogens with one attached hydrogen (secondary N) is 1. The van der Waals surface area contributed by atoms with E-state index in [0.717, 1.165) is 5.56 Å². The summed E-state index contributed by atoms with van der Waals surface area (Å²) in [7, 11) is 0. The minimum absolute atomic E-state index is 0.235.